The highest BCUT2D eigenvalue weighted by Gasteiger charge is 2.32. The third kappa shape index (κ3) is 4.32. The maximum Gasteiger partial charge on any atom is 0.246 e. The lowest BCUT2D eigenvalue weighted by Crippen LogP contribution is -2.50. The summed E-state index contributed by atoms with van der Waals surface area (Å²) in [5.41, 5.74) is 2.96. The summed E-state index contributed by atoms with van der Waals surface area (Å²) in [6, 6.07) is 2.35. The van der Waals surface area contributed by atoms with Gasteiger partial charge in [0.1, 0.15) is 16.5 Å². The van der Waals surface area contributed by atoms with Gasteiger partial charge in [0.25, 0.3) is 0 Å². The molecule has 158 valence electrons. The number of halogens is 2. The zero-order valence-corrected chi connectivity index (χ0v) is 17.5. The van der Waals surface area contributed by atoms with E-state index >= 15 is 0 Å². The van der Waals surface area contributed by atoms with E-state index in [2.05, 4.69) is 5.10 Å². The van der Waals surface area contributed by atoms with Gasteiger partial charge in [0.05, 0.1) is 5.69 Å². The highest BCUT2D eigenvalue weighted by molar-refractivity contribution is 7.89. The van der Waals surface area contributed by atoms with E-state index in [0.717, 1.165) is 33.4 Å². The number of amides is 1. The number of rotatable bonds is 5. The molecule has 7 nitrogen and oxygen atoms in total. The molecule has 2 heterocycles. The van der Waals surface area contributed by atoms with Crippen molar-refractivity contribution in [3.8, 4) is 0 Å². The molecule has 1 saturated heterocycles. The van der Waals surface area contributed by atoms with Crippen molar-refractivity contribution < 1.29 is 22.0 Å². The molecular formula is C19H24F2N4O3S. The minimum atomic E-state index is -4.16. The maximum atomic E-state index is 13.9. The lowest BCUT2D eigenvalue weighted by atomic mass is 10.1. The van der Waals surface area contributed by atoms with Gasteiger partial charge in [-0.1, -0.05) is 0 Å². The number of hydrogen-bond donors (Lipinski definition) is 0. The second-order valence-corrected chi connectivity index (χ2v) is 9.04. The molecule has 29 heavy (non-hydrogen) atoms. The van der Waals surface area contributed by atoms with Crippen molar-refractivity contribution >= 4 is 15.9 Å². The van der Waals surface area contributed by atoms with Gasteiger partial charge in [-0.15, -0.1) is 0 Å². The lowest BCUT2D eigenvalue weighted by Gasteiger charge is -2.34. The Bertz CT molecular complexity index is 1030. The Labute approximate surface area is 169 Å². The van der Waals surface area contributed by atoms with Crippen LogP contribution in [0.5, 0.6) is 0 Å². The van der Waals surface area contributed by atoms with E-state index in [1.54, 1.807) is 9.58 Å². The largest absolute Gasteiger partial charge is 0.340 e. The molecule has 1 fully saturated rings. The van der Waals surface area contributed by atoms with Crippen LogP contribution in [0.2, 0.25) is 0 Å². The molecule has 0 unspecified atom stereocenters. The van der Waals surface area contributed by atoms with Crippen LogP contribution in [0.25, 0.3) is 0 Å². The van der Waals surface area contributed by atoms with Crippen LogP contribution in [0.15, 0.2) is 23.1 Å². The number of benzene rings is 1. The van der Waals surface area contributed by atoms with E-state index in [1.807, 2.05) is 20.9 Å². The average Bonchev–Trinajstić information content (AvgIpc) is 2.93. The number of carbonyl (C=O) groups excluding carboxylic acids is 1. The standard InChI is InChI=1S/C19H24F2N4O3S/c1-13-16(14(2)23(3)22-13)5-7-19(26)24-8-10-25(11-9-24)29(27,28)18-12-15(20)4-6-17(18)21/h4,6,12H,5,7-11H2,1-3H3. The fourth-order valence-corrected chi connectivity index (χ4v) is 5.06. The van der Waals surface area contributed by atoms with Crippen LogP contribution < -0.4 is 0 Å². The van der Waals surface area contributed by atoms with Crippen LogP contribution in [0.3, 0.4) is 0 Å². The van der Waals surface area contributed by atoms with E-state index in [4.69, 9.17) is 0 Å². The molecule has 3 rings (SSSR count). The molecular weight excluding hydrogens is 402 g/mol. The molecule has 2 aromatic rings. The lowest BCUT2D eigenvalue weighted by molar-refractivity contribution is -0.132. The molecule has 0 radical (unpaired) electrons. The van der Waals surface area contributed by atoms with Gasteiger partial charge >= 0.3 is 0 Å². The van der Waals surface area contributed by atoms with Crippen molar-refractivity contribution in [2.45, 2.75) is 31.6 Å². The first-order valence-corrected chi connectivity index (χ1v) is 10.8. The first-order chi connectivity index (χ1) is 13.6. The average molecular weight is 426 g/mol. The summed E-state index contributed by atoms with van der Waals surface area (Å²) in [5.74, 6) is -1.88. The number of aryl methyl sites for hydroxylation is 2. The fourth-order valence-electron chi connectivity index (χ4n) is 3.56. The zero-order chi connectivity index (χ0) is 21.3. The highest BCUT2D eigenvalue weighted by Crippen LogP contribution is 2.22. The Balaban J connectivity index is 1.61. The number of aromatic nitrogens is 2. The SMILES string of the molecule is Cc1nn(C)c(C)c1CCC(=O)N1CCN(S(=O)(=O)c2cc(F)ccc2F)CC1. The summed E-state index contributed by atoms with van der Waals surface area (Å²) in [4.78, 5) is 13.5. The molecule has 0 saturated carbocycles. The predicted octanol–water partition coefficient (Wildman–Crippen LogP) is 1.78. The van der Waals surface area contributed by atoms with E-state index < -0.39 is 26.6 Å². The Hall–Kier alpha value is -2.33. The van der Waals surface area contributed by atoms with Crippen LogP contribution in [0.1, 0.15) is 23.4 Å². The van der Waals surface area contributed by atoms with Crippen LogP contribution in [-0.4, -0.2) is 59.5 Å². The summed E-state index contributed by atoms with van der Waals surface area (Å²) in [6.45, 7) is 4.35. The molecule has 1 aliphatic rings. The van der Waals surface area contributed by atoms with Gasteiger partial charge < -0.3 is 4.90 Å². The highest BCUT2D eigenvalue weighted by atomic mass is 32.2. The second kappa shape index (κ2) is 8.19. The van der Waals surface area contributed by atoms with Crippen molar-refractivity contribution in [2.75, 3.05) is 26.2 Å². The molecule has 10 heteroatoms. The van der Waals surface area contributed by atoms with E-state index in [9.17, 15) is 22.0 Å². The van der Waals surface area contributed by atoms with E-state index in [1.165, 1.54) is 0 Å². The van der Waals surface area contributed by atoms with Crippen molar-refractivity contribution in [3.63, 3.8) is 0 Å². The third-order valence-corrected chi connectivity index (χ3v) is 7.26. The predicted molar refractivity (Wildman–Crippen MR) is 103 cm³/mol. The Morgan fingerprint density at radius 3 is 2.38 bits per heavy atom. The topological polar surface area (TPSA) is 75.5 Å². The van der Waals surface area contributed by atoms with Crippen molar-refractivity contribution in [1.82, 2.24) is 19.0 Å². The van der Waals surface area contributed by atoms with Gasteiger partial charge in [0.15, 0.2) is 0 Å². The smallest absolute Gasteiger partial charge is 0.246 e. The van der Waals surface area contributed by atoms with Gasteiger partial charge in [0.2, 0.25) is 15.9 Å². The molecule has 0 bridgehead atoms. The van der Waals surface area contributed by atoms with Crippen LogP contribution in [-0.2, 0) is 28.3 Å². The van der Waals surface area contributed by atoms with Crippen molar-refractivity contribution in [2.24, 2.45) is 7.05 Å². The van der Waals surface area contributed by atoms with Gasteiger partial charge in [0, 0.05) is 45.3 Å². The van der Waals surface area contributed by atoms with Crippen LogP contribution in [0.4, 0.5) is 8.78 Å². The van der Waals surface area contributed by atoms with Crippen LogP contribution >= 0.6 is 0 Å². The van der Waals surface area contributed by atoms with Gasteiger partial charge in [-0.05, 0) is 44.0 Å². The second-order valence-electron chi connectivity index (χ2n) is 7.13. The summed E-state index contributed by atoms with van der Waals surface area (Å²) < 4.78 is 55.4. The molecule has 1 aromatic carbocycles. The molecule has 1 amide bonds. The summed E-state index contributed by atoms with van der Waals surface area (Å²) >= 11 is 0. The number of sulfonamides is 1. The van der Waals surface area contributed by atoms with E-state index in [-0.39, 0.29) is 32.1 Å². The molecule has 0 atom stereocenters. The minimum absolute atomic E-state index is 0.0367. The Morgan fingerprint density at radius 1 is 1.14 bits per heavy atom. The number of nitrogens with zero attached hydrogens (tertiary/aromatic N) is 4. The van der Waals surface area contributed by atoms with Gasteiger partial charge in [-0.2, -0.15) is 9.40 Å². The Kier molecular flexibility index (Phi) is 6.04. The number of carbonyl (C=O) groups is 1. The molecule has 1 aliphatic heterocycles. The molecule has 0 N–H and O–H groups in total. The number of piperazine rings is 1. The normalized spacial score (nSPS) is 15.7. The van der Waals surface area contributed by atoms with Crippen LogP contribution in [0, 0.1) is 25.5 Å². The minimum Gasteiger partial charge on any atom is -0.340 e. The zero-order valence-electron chi connectivity index (χ0n) is 16.7. The molecule has 0 aliphatic carbocycles. The summed E-state index contributed by atoms with van der Waals surface area (Å²) in [6.07, 6.45) is 0.871. The first-order valence-electron chi connectivity index (χ1n) is 9.33. The third-order valence-electron chi connectivity index (χ3n) is 5.35. The quantitative estimate of drug-likeness (QED) is 0.731. The van der Waals surface area contributed by atoms with Gasteiger partial charge in [-0.3, -0.25) is 9.48 Å². The maximum absolute atomic E-state index is 13.9. The fraction of sp³-hybridized carbons (Fsp3) is 0.474. The monoisotopic (exact) mass is 426 g/mol. The van der Waals surface area contributed by atoms with Crippen molar-refractivity contribution in [1.29, 1.82) is 0 Å². The molecule has 0 spiro atoms. The summed E-state index contributed by atoms with van der Waals surface area (Å²) in [7, 11) is -2.30. The van der Waals surface area contributed by atoms with E-state index in [0.29, 0.717) is 18.9 Å². The Morgan fingerprint density at radius 2 is 1.79 bits per heavy atom. The van der Waals surface area contributed by atoms with Crippen molar-refractivity contribution in [3.05, 3.63) is 46.8 Å². The summed E-state index contributed by atoms with van der Waals surface area (Å²) in [5, 5.41) is 4.34. The number of hydrogen-bond acceptors (Lipinski definition) is 4. The first kappa shape index (κ1) is 21.4. The molecule has 1 aromatic heterocycles. The van der Waals surface area contributed by atoms with Gasteiger partial charge in [-0.25, -0.2) is 17.2 Å².